The van der Waals surface area contributed by atoms with Gasteiger partial charge in [0.25, 0.3) is 11.4 Å². The summed E-state index contributed by atoms with van der Waals surface area (Å²) in [4.78, 5) is 19.9. The van der Waals surface area contributed by atoms with Gasteiger partial charge < -0.3 is 0 Å². The van der Waals surface area contributed by atoms with Crippen LogP contribution in [-0.4, -0.2) is 20.0 Å². The number of nitro groups is 2. The predicted octanol–water partition coefficient (Wildman–Crippen LogP) is 2.02. The van der Waals surface area contributed by atoms with Gasteiger partial charge >= 0.3 is 0 Å². The van der Waals surface area contributed by atoms with E-state index in [1.807, 2.05) is 0 Å². The minimum absolute atomic E-state index is 0.313. The van der Waals surface area contributed by atoms with Crippen LogP contribution >= 0.6 is 11.3 Å². The van der Waals surface area contributed by atoms with Crippen molar-refractivity contribution >= 4 is 22.7 Å². The van der Waals surface area contributed by atoms with Gasteiger partial charge in [0.1, 0.15) is 10.5 Å². The van der Waals surface area contributed by atoms with E-state index in [4.69, 9.17) is 0 Å². The predicted molar refractivity (Wildman–Crippen MR) is 58.7 cm³/mol. The van der Waals surface area contributed by atoms with Gasteiger partial charge in [0.05, 0.1) is 15.9 Å². The maximum atomic E-state index is 10.6. The fourth-order valence-electron chi connectivity index (χ4n) is 1.23. The third-order valence-electron chi connectivity index (χ3n) is 1.93. The van der Waals surface area contributed by atoms with Gasteiger partial charge in [-0.2, -0.15) is 0 Å². The van der Waals surface area contributed by atoms with Crippen LogP contribution in [0.4, 0.5) is 11.4 Å². The Morgan fingerprint density at radius 2 is 1.65 bits per heavy atom. The zero-order valence-electron chi connectivity index (χ0n) is 8.14. The fourth-order valence-corrected chi connectivity index (χ4v) is 1.77. The Morgan fingerprint density at radius 3 is 2.06 bits per heavy atom. The van der Waals surface area contributed by atoms with Gasteiger partial charge in [0, 0.05) is 17.7 Å². The average Bonchev–Trinajstić information content (AvgIpc) is 2.81. The van der Waals surface area contributed by atoms with E-state index in [-0.39, 0.29) is 11.4 Å². The monoisotopic (exact) mass is 252 g/mol. The van der Waals surface area contributed by atoms with Crippen LogP contribution in [0.15, 0.2) is 23.7 Å². The van der Waals surface area contributed by atoms with Crippen LogP contribution in [0.25, 0.3) is 10.6 Å². The molecule has 2 rings (SSSR count). The molecule has 17 heavy (non-hydrogen) atoms. The molecule has 86 valence electrons. The number of hydrogen-bond donors (Lipinski definition) is 0. The van der Waals surface area contributed by atoms with E-state index in [9.17, 15) is 20.2 Å². The SMILES string of the molecule is O=[N+]([O-])c1cc(-c2nncs2)cc([N+](=O)[O-])c1. The van der Waals surface area contributed by atoms with E-state index in [1.165, 1.54) is 17.6 Å². The van der Waals surface area contributed by atoms with Crippen molar-refractivity contribution in [3.8, 4) is 10.6 Å². The summed E-state index contributed by atoms with van der Waals surface area (Å²) in [6.45, 7) is 0. The van der Waals surface area contributed by atoms with Crippen molar-refractivity contribution in [1.29, 1.82) is 0 Å². The molecule has 0 amide bonds. The van der Waals surface area contributed by atoms with E-state index < -0.39 is 9.85 Å². The Kier molecular flexibility index (Phi) is 2.75. The Balaban J connectivity index is 2.60. The summed E-state index contributed by atoms with van der Waals surface area (Å²) in [6.07, 6.45) is 0. The van der Waals surface area contributed by atoms with Crippen molar-refractivity contribution in [1.82, 2.24) is 10.2 Å². The number of nitrogens with zero attached hydrogens (tertiary/aromatic N) is 4. The summed E-state index contributed by atoms with van der Waals surface area (Å²) in [5.74, 6) is 0. The van der Waals surface area contributed by atoms with Crippen LogP contribution in [0.1, 0.15) is 0 Å². The second-order valence-corrected chi connectivity index (χ2v) is 3.83. The van der Waals surface area contributed by atoms with Crippen LogP contribution < -0.4 is 0 Å². The number of hydrogen-bond acceptors (Lipinski definition) is 7. The van der Waals surface area contributed by atoms with Crippen molar-refractivity contribution in [2.24, 2.45) is 0 Å². The molecule has 0 saturated heterocycles. The zero-order valence-corrected chi connectivity index (χ0v) is 8.96. The maximum absolute atomic E-state index is 10.6. The minimum atomic E-state index is -0.683. The molecule has 0 saturated carbocycles. The van der Waals surface area contributed by atoms with Gasteiger partial charge in [-0.25, -0.2) is 0 Å². The molecule has 0 aliphatic rings. The van der Waals surface area contributed by atoms with Gasteiger partial charge in [-0.1, -0.05) is 11.3 Å². The molecule has 0 atom stereocenters. The lowest BCUT2D eigenvalue weighted by Crippen LogP contribution is -1.93. The highest BCUT2D eigenvalue weighted by Crippen LogP contribution is 2.29. The van der Waals surface area contributed by atoms with Crippen LogP contribution in [0.5, 0.6) is 0 Å². The standard InChI is InChI=1S/C8H4N4O4S/c13-11(14)6-1-5(8-10-9-4-17-8)2-7(3-6)12(15)16/h1-4H. The Hall–Kier alpha value is -2.42. The molecule has 9 heteroatoms. The van der Waals surface area contributed by atoms with Gasteiger partial charge in [0.15, 0.2) is 0 Å². The first kappa shape index (κ1) is 11.1. The van der Waals surface area contributed by atoms with Gasteiger partial charge in [-0.05, 0) is 0 Å². The molecule has 0 aliphatic heterocycles. The molecule has 1 aromatic heterocycles. The van der Waals surface area contributed by atoms with E-state index in [2.05, 4.69) is 10.2 Å². The Labute approximate surface area is 97.8 Å². The highest BCUT2D eigenvalue weighted by atomic mass is 32.1. The second-order valence-electron chi connectivity index (χ2n) is 3.00. The van der Waals surface area contributed by atoms with Crippen molar-refractivity contribution in [3.05, 3.63) is 43.9 Å². The number of benzene rings is 1. The van der Waals surface area contributed by atoms with E-state index in [0.717, 1.165) is 17.4 Å². The number of non-ortho nitro benzene ring substituents is 2. The fraction of sp³-hybridized carbons (Fsp3) is 0. The van der Waals surface area contributed by atoms with Crippen molar-refractivity contribution in [2.45, 2.75) is 0 Å². The first-order valence-corrected chi connectivity index (χ1v) is 5.16. The second kappa shape index (κ2) is 4.22. The molecule has 0 aliphatic carbocycles. The average molecular weight is 252 g/mol. The Bertz CT molecular complexity index is 551. The van der Waals surface area contributed by atoms with E-state index in [1.54, 1.807) is 0 Å². The molecule has 8 nitrogen and oxygen atoms in total. The quantitative estimate of drug-likeness (QED) is 0.610. The molecule has 0 fully saturated rings. The van der Waals surface area contributed by atoms with Crippen LogP contribution in [0, 0.1) is 20.2 Å². The number of rotatable bonds is 3. The minimum Gasteiger partial charge on any atom is -0.258 e. The summed E-state index contributed by atoms with van der Waals surface area (Å²) in [5.41, 5.74) is 1.07. The smallest absolute Gasteiger partial charge is 0.258 e. The molecule has 0 bridgehead atoms. The molecular formula is C8H4N4O4S. The first-order valence-electron chi connectivity index (χ1n) is 4.28. The molecule has 2 aromatic rings. The largest absolute Gasteiger partial charge is 0.277 e. The van der Waals surface area contributed by atoms with Crippen LogP contribution in [-0.2, 0) is 0 Å². The summed E-state index contributed by atoms with van der Waals surface area (Å²) >= 11 is 1.15. The summed E-state index contributed by atoms with van der Waals surface area (Å²) in [5, 5.41) is 29.0. The third kappa shape index (κ3) is 2.23. The van der Waals surface area contributed by atoms with Gasteiger partial charge in [-0.3, -0.25) is 20.2 Å². The third-order valence-corrected chi connectivity index (χ3v) is 2.67. The summed E-state index contributed by atoms with van der Waals surface area (Å²) in [6, 6.07) is 3.37. The first-order chi connectivity index (χ1) is 8.08. The van der Waals surface area contributed by atoms with Crippen molar-refractivity contribution in [3.63, 3.8) is 0 Å². The lowest BCUT2D eigenvalue weighted by Gasteiger charge is -1.97. The number of nitro benzene ring substituents is 2. The van der Waals surface area contributed by atoms with E-state index >= 15 is 0 Å². The summed E-state index contributed by atoms with van der Waals surface area (Å²) in [7, 11) is 0. The highest BCUT2D eigenvalue weighted by Gasteiger charge is 2.18. The topological polar surface area (TPSA) is 112 Å². The Morgan fingerprint density at radius 1 is 1.06 bits per heavy atom. The molecule has 0 spiro atoms. The van der Waals surface area contributed by atoms with Gasteiger partial charge in [-0.15, -0.1) is 10.2 Å². The van der Waals surface area contributed by atoms with Crippen LogP contribution in [0.2, 0.25) is 0 Å². The molecular weight excluding hydrogens is 248 g/mol. The van der Waals surface area contributed by atoms with E-state index in [0.29, 0.717) is 10.6 Å². The lowest BCUT2D eigenvalue weighted by atomic mass is 10.2. The van der Waals surface area contributed by atoms with Gasteiger partial charge in [0.2, 0.25) is 0 Å². The lowest BCUT2D eigenvalue weighted by molar-refractivity contribution is -0.394. The maximum Gasteiger partial charge on any atom is 0.277 e. The summed E-state index contributed by atoms with van der Waals surface area (Å²) < 4.78 is 0. The van der Waals surface area contributed by atoms with Crippen LogP contribution in [0.3, 0.4) is 0 Å². The van der Waals surface area contributed by atoms with Crippen molar-refractivity contribution in [2.75, 3.05) is 0 Å². The van der Waals surface area contributed by atoms with Crippen molar-refractivity contribution < 1.29 is 9.85 Å². The molecule has 1 heterocycles. The highest BCUT2D eigenvalue weighted by molar-refractivity contribution is 7.12. The molecule has 1 aromatic carbocycles. The molecule has 0 N–H and O–H groups in total. The molecule has 0 unspecified atom stereocenters. The normalized spacial score (nSPS) is 10.1. The molecule has 0 radical (unpaired) electrons. The number of aromatic nitrogens is 2. The zero-order chi connectivity index (χ0) is 12.4.